The highest BCUT2D eigenvalue weighted by Gasteiger charge is 2.32. The van der Waals surface area contributed by atoms with Gasteiger partial charge >= 0.3 is 0 Å². The van der Waals surface area contributed by atoms with Gasteiger partial charge in [0.2, 0.25) is 0 Å². The Morgan fingerprint density at radius 3 is 2.74 bits per heavy atom. The molecule has 0 saturated carbocycles. The third-order valence-corrected chi connectivity index (χ3v) is 3.21. The zero-order valence-electron chi connectivity index (χ0n) is 11.9. The number of benzene rings is 1. The number of anilines is 2. The van der Waals surface area contributed by atoms with Crippen molar-refractivity contribution in [1.29, 1.82) is 0 Å². The molecule has 106 valence electrons. The molecule has 1 fully saturated rings. The molecule has 1 aliphatic rings. The van der Waals surface area contributed by atoms with E-state index in [9.17, 15) is 4.39 Å². The second kappa shape index (κ2) is 4.89. The molecule has 1 unspecified atom stereocenters. The van der Waals surface area contributed by atoms with Crippen molar-refractivity contribution in [3.8, 4) is 5.75 Å². The SMILES string of the molecule is COc1cc(N2CC(C)OC(C)(C)C2)c(F)cc1N. The van der Waals surface area contributed by atoms with Crippen LogP contribution in [0.5, 0.6) is 5.75 Å². The van der Waals surface area contributed by atoms with Crippen LogP contribution < -0.4 is 15.4 Å². The summed E-state index contributed by atoms with van der Waals surface area (Å²) in [5.74, 6) is 0.163. The first-order valence-corrected chi connectivity index (χ1v) is 6.38. The van der Waals surface area contributed by atoms with Crippen molar-refractivity contribution in [2.75, 3.05) is 30.8 Å². The van der Waals surface area contributed by atoms with Crippen LogP contribution in [-0.4, -0.2) is 31.9 Å². The Morgan fingerprint density at radius 2 is 2.16 bits per heavy atom. The Labute approximate surface area is 113 Å². The highest BCUT2D eigenvalue weighted by atomic mass is 19.1. The summed E-state index contributed by atoms with van der Waals surface area (Å²) in [5.41, 5.74) is 6.21. The zero-order valence-corrected chi connectivity index (χ0v) is 11.9. The third kappa shape index (κ3) is 2.92. The molecule has 1 atom stereocenters. The van der Waals surface area contributed by atoms with Crippen LogP contribution in [0.25, 0.3) is 0 Å². The maximum atomic E-state index is 14.1. The molecule has 4 nitrogen and oxygen atoms in total. The van der Waals surface area contributed by atoms with Crippen molar-refractivity contribution in [3.63, 3.8) is 0 Å². The number of hydrogen-bond donors (Lipinski definition) is 1. The molecule has 5 heteroatoms. The van der Waals surface area contributed by atoms with E-state index in [1.54, 1.807) is 6.07 Å². The molecule has 19 heavy (non-hydrogen) atoms. The predicted molar refractivity (Wildman–Crippen MR) is 74.2 cm³/mol. The fraction of sp³-hybridized carbons (Fsp3) is 0.571. The molecule has 0 spiro atoms. The molecule has 1 aliphatic heterocycles. The standard InChI is InChI=1S/C14H21FN2O2/c1-9-7-17(8-14(2,3)19-9)12-6-13(18-4)11(16)5-10(12)15/h5-6,9H,7-8,16H2,1-4H3. The van der Waals surface area contributed by atoms with Gasteiger partial charge in [-0.25, -0.2) is 4.39 Å². The number of halogens is 1. The lowest BCUT2D eigenvalue weighted by atomic mass is 10.0. The summed E-state index contributed by atoms with van der Waals surface area (Å²) < 4.78 is 25.1. The molecule has 0 aliphatic carbocycles. The van der Waals surface area contributed by atoms with Gasteiger partial charge in [-0.3, -0.25) is 0 Å². The van der Waals surface area contributed by atoms with Crippen LogP contribution in [0.1, 0.15) is 20.8 Å². The van der Waals surface area contributed by atoms with Crippen LogP contribution in [0, 0.1) is 5.82 Å². The van der Waals surface area contributed by atoms with E-state index in [0.29, 0.717) is 30.2 Å². The number of rotatable bonds is 2. The van der Waals surface area contributed by atoms with Crippen molar-refractivity contribution >= 4 is 11.4 Å². The van der Waals surface area contributed by atoms with Crippen molar-refractivity contribution in [2.24, 2.45) is 0 Å². The van der Waals surface area contributed by atoms with Gasteiger partial charge in [0, 0.05) is 25.2 Å². The van der Waals surface area contributed by atoms with Crippen LogP contribution in [0.15, 0.2) is 12.1 Å². The molecule has 0 bridgehead atoms. The van der Waals surface area contributed by atoms with E-state index >= 15 is 0 Å². The lowest BCUT2D eigenvalue weighted by molar-refractivity contribution is -0.0751. The highest BCUT2D eigenvalue weighted by Crippen LogP contribution is 2.33. The monoisotopic (exact) mass is 268 g/mol. The lowest BCUT2D eigenvalue weighted by Gasteiger charge is -2.43. The maximum Gasteiger partial charge on any atom is 0.148 e. The minimum atomic E-state index is -0.330. The van der Waals surface area contributed by atoms with E-state index in [-0.39, 0.29) is 17.5 Å². The lowest BCUT2D eigenvalue weighted by Crippen LogP contribution is -2.52. The fourth-order valence-corrected chi connectivity index (χ4v) is 2.61. The van der Waals surface area contributed by atoms with Gasteiger partial charge in [-0.2, -0.15) is 0 Å². The quantitative estimate of drug-likeness (QED) is 0.837. The molecule has 2 rings (SSSR count). The van der Waals surface area contributed by atoms with Crippen LogP contribution in [0.3, 0.4) is 0 Å². The molecule has 0 radical (unpaired) electrons. The molecule has 1 saturated heterocycles. The summed E-state index contributed by atoms with van der Waals surface area (Å²) in [6.07, 6.45) is 0.0479. The first-order valence-electron chi connectivity index (χ1n) is 6.38. The van der Waals surface area contributed by atoms with Gasteiger partial charge < -0.3 is 20.1 Å². The Morgan fingerprint density at radius 1 is 1.47 bits per heavy atom. The molecule has 1 heterocycles. The normalized spacial score (nSPS) is 22.4. The van der Waals surface area contributed by atoms with E-state index in [1.807, 2.05) is 25.7 Å². The van der Waals surface area contributed by atoms with Gasteiger partial charge in [0.05, 0.1) is 30.2 Å². The van der Waals surface area contributed by atoms with Gasteiger partial charge in [0.1, 0.15) is 11.6 Å². The minimum Gasteiger partial charge on any atom is -0.495 e. The van der Waals surface area contributed by atoms with Gasteiger partial charge in [0.15, 0.2) is 0 Å². The first-order chi connectivity index (χ1) is 8.82. The van der Waals surface area contributed by atoms with Crippen molar-refractivity contribution in [3.05, 3.63) is 17.9 Å². The highest BCUT2D eigenvalue weighted by molar-refractivity contribution is 5.63. The van der Waals surface area contributed by atoms with E-state index in [4.69, 9.17) is 15.2 Å². The zero-order chi connectivity index (χ0) is 14.2. The fourth-order valence-electron chi connectivity index (χ4n) is 2.61. The Kier molecular flexibility index (Phi) is 3.58. The molecule has 2 N–H and O–H groups in total. The van der Waals surface area contributed by atoms with Crippen molar-refractivity contribution in [1.82, 2.24) is 0 Å². The molecule has 0 aromatic heterocycles. The molecule has 0 amide bonds. The summed E-state index contributed by atoms with van der Waals surface area (Å²) in [6, 6.07) is 2.96. The number of hydrogen-bond acceptors (Lipinski definition) is 4. The van der Waals surface area contributed by atoms with Crippen LogP contribution in [0.4, 0.5) is 15.8 Å². The van der Waals surface area contributed by atoms with Crippen LogP contribution >= 0.6 is 0 Å². The number of nitrogens with two attached hydrogens (primary N) is 1. The number of methoxy groups -OCH3 is 1. The average Bonchev–Trinajstić information content (AvgIpc) is 2.26. The molecule has 1 aromatic carbocycles. The third-order valence-electron chi connectivity index (χ3n) is 3.21. The smallest absolute Gasteiger partial charge is 0.148 e. The molecular weight excluding hydrogens is 247 g/mol. The number of morpholine rings is 1. The van der Waals surface area contributed by atoms with Crippen LogP contribution in [0.2, 0.25) is 0 Å². The second-order valence-electron chi connectivity index (χ2n) is 5.61. The summed E-state index contributed by atoms with van der Waals surface area (Å²) >= 11 is 0. The largest absolute Gasteiger partial charge is 0.495 e. The average molecular weight is 268 g/mol. The minimum absolute atomic E-state index is 0.0479. The van der Waals surface area contributed by atoms with Gasteiger partial charge in [0.25, 0.3) is 0 Å². The number of nitrogens with zero attached hydrogens (tertiary/aromatic N) is 1. The van der Waals surface area contributed by atoms with E-state index < -0.39 is 0 Å². The van der Waals surface area contributed by atoms with Gasteiger partial charge in [-0.1, -0.05) is 0 Å². The number of nitrogen functional groups attached to an aromatic ring is 1. The topological polar surface area (TPSA) is 47.7 Å². The summed E-state index contributed by atoms with van der Waals surface area (Å²) in [4.78, 5) is 1.98. The van der Waals surface area contributed by atoms with E-state index in [2.05, 4.69) is 0 Å². The molecule has 1 aromatic rings. The Balaban J connectivity index is 2.35. The van der Waals surface area contributed by atoms with Gasteiger partial charge in [-0.15, -0.1) is 0 Å². The van der Waals surface area contributed by atoms with Crippen molar-refractivity contribution in [2.45, 2.75) is 32.5 Å². The first kappa shape index (κ1) is 13.9. The predicted octanol–water partition coefficient (Wildman–Crippen LogP) is 2.42. The summed E-state index contributed by atoms with van der Waals surface area (Å²) in [5, 5.41) is 0. The Hall–Kier alpha value is -1.49. The van der Waals surface area contributed by atoms with Crippen LogP contribution in [-0.2, 0) is 4.74 Å². The van der Waals surface area contributed by atoms with E-state index in [1.165, 1.54) is 13.2 Å². The molecular formula is C14H21FN2O2. The van der Waals surface area contributed by atoms with Crippen molar-refractivity contribution < 1.29 is 13.9 Å². The summed E-state index contributed by atoms with van der Waals surface area (Å²) in [7, 11) is 1.53. The second-order valence-corrected chi connectivity index (χ2v) is 5.61. The number of ether oxygens (including phenoxy) is 2. The Bertz CT molecular complexity index is 477. The van der Waals surface area contributed by atoms with Gasteiger partial charge in [-0.05, 0) is 20.8 Å². The summed E-state index contributed by atoms with van der Waals surface area (Å²) in [6.45, 7) is 7.26. The maximum absolute atomic E-state index is 14.1. The van der Waals surface area contributed by atoms with E-state index in [0.717, 1.165) is 0 Å².